The van der Waals surface area contributed by atoms with Crippen LogP contribution in [0.25, 0.3) is 0 Å². The molecular weight excluding hydrogens is 262 g/mol. The number of hydrogen-bond acceptors (Lipinski definition) is 6. The number of nitrogens with zero attached hydrogens (tertiary/aromatic N) is 1. The summed E-state index contributed by atoms with van der Waals surface area (Å²) in [6.07, 6.45) is 0.207. The van der Waals surface area contributed by atoms with Crippen LogP contribution < -0.4 is 10.5 Å². The van der Waals surface area contributed by atoms with E-state index in [2.05, 4.69) is 4.74 Å². The van der Waals surface area contributed by atoms with Gasteiger partial charge in [0.15, 0.2) is 0 Å². The molecule has 0 spiro atoms. The summed E-state index contributed by atoms with van der Waals surface area (Å²) in [6, 6.07) is 0. The zero-order chi connectivity index (χ0) is 13.6. The maximum atomic E-state index is 11.7. The highest BCUT2D eigenvalue weighted by atomic mass is 32.2. The Morgan fingerprint density at radius 2 is 2.06 bits per heavy atom. The molecule has 0 aromatic heterocycles. The molecule has 8 nitrogen and oxygen atoms in total. The van der Waals surface area contributed by atoms with Crippen molar-refractivity contribution in [2.75, 3.05) is 33.4 Å². The first-order valence-electron chi connectivity index (χ1n) is 5.67. The summed E-state index contributed by atoms with van der Waals surface area (Å²) in [5.41, 5.74) is 5.32. The summed E-state index contributed by atoms with van der Waals surface area (Å²) < 4.78 is 36.2. The Kier molecular flexibility index (Phi) is 5.79. The molecule has 1 amide bonds. The van der Waals surface area contributed by atoms with Crippen LogP contribution >= 0.6 is 0 Å². The number of carbonyl (C=O) groups excluding carboxylic acids is 1. The van der Waals surface area contributed by atoms with Crippen LogP contribution in [0.4, 0.5) is 4.79 Å². The van der Waals surface area contributed by atoms with Crippen molar-refractivity contribution in [2.24, 2.45) is 5.73 Å². The van der Waals surface area contributed by atoms with Crippen molar-refractivity contribution in [1.82, 2.24) is 9.03 Å². The lowest BCUT2D eigenvalue weighted by molar-refractivity contribution is 0.0256. The van der Waals surface area contributed by atoms with Crippen molar-refractivity contribution >= 4 is 16.3 Å². The third kappa shape index (κ3) is 4.41. The minimum Gasteiger partial charge on any atom is -0.452 e. The third-order valence-electron chi connectivity index (χ3n) is 2.61. The number of methoxy groups -OCH3 is 1. The monoisotopic (exact) mass is 281 g/mol. The first kappa shape index (κ1) is 15.2. The maximum Gasteiger partial charge on any atom is 0.421 e. The van der Waals surface area contributed by atoms with Crippen molar-refractivity contribution in [3.63, 3.8) is 0 Å². The van der Waals surface area contributed by atoms with Crippen LogP contribution in [0.3, 0.4) is 0 Å². The van der Waals surface area contributed by atoms with E-state index in [1.807, 2.05) is 4.72 Å². The molecule has 0 aromatic rings. The topological polar surface area (TPSA) is 111 Å². The number of rotatable bonds is 5. The van der Waals surface area contributed by atoms with Gasteiger partial charge in [0.25, 0.3) is 0 Å². The Hall–Kier alpha value is -0.900. The Labute approximate surface area is 107 Å². The van der Waals surface area contributed by atoms with Gasteiger partial charge < -0.3 is 15.2 Å². The standard InChI is InChI=1S/C9H19N3O5S/c1-16-9(13)11-18(14,15)12-5-2-8(3-6-12)17-7-4-10/h8H,2-7,10H2,1H3,(H,11,13). The molecule has 1 aliphatic rings. The fraction of sp³-hybridized carbons (Fsp3) is 0.889. The third-order valence-corrected chi connectivity index (χ3v) is 4.08. The molecule has 0 aromatic carbocycles. The van der Waals surface area contributed by atoms with Crippen LogP contribution in [0.1, 0.15) is 12.8 Å². The molecule has 1 fully saturated rings. The normalized spacial score (nSPS) is 18.6. The summed E-state index contributed by atoms with van der Waals surface area (Å²) in [4.78, 5) is 10.9. The van der Waals surface area contributed by atoms with Gasteiger partial charge in [-0.25, -0.2) is 9.52 Å². The van der Waals surface area contributed by atoms with Gasteiger partial charge in [0.1, 0.15) is 0 Å². The second-order valence-electron chi connectivity index (χ2n) is 3.86. The van der Waals surface area contributed by atoms with Crippen molar-refractivity contribution in [3.8, 4) is 0 Å². The van der Waals surface area contributed by atoms with Crippen LogP contribution in [-0.4, -0.2) is 58.3 Å². The van der Waals surface area contributed by atoms with E-state index in [0.29, 0.717) is 39.1 Å². The molecule has 1 saturated heterocycles. The van der Waals surface area contributed by atoms with E-state index in [1.165, 1.54) is 4.31 Å². The molecule has 0 aliphatic carbocycles. The summed E-state index contributed by atoms with van der Waals surface area (Å²) in [5.74, 6) is 0. The van der Waals surface area contributed by atoms with Gasteiger partial charge in [-0.15, -0.1) is 0 Å². The molecule has 106 valence electrons. The van der Waals surface area contributed by atoms with E-state index in [4.69, 9.17) is 10.5 Å². The number of piperidine rings is 1. The minimum absolute atomic E-state index is 0.0260. The summed E-state index contributed by atoms with van der Waals surface area (Å²) >= 11 is 0. The zero-order valence-electron chi connectivity index (χ0n) is 10.3. The fourth-order valence-corrected chi connectivity index (χ4v) is 2.80. The summed E-state index contributed by atoms with van der Waals surface area (Å²) in [6.45, 7) is 1.53. The van der Waals surface area contributed by atoms with E-state index < -0.39 is 16.3 Å². The van der Waals surface area contributed by atoms with E-state index in [1.54, 1.807) is 0 Å². The van der Waals surface area contributed by atoms with Crippen molar-refractivity contribution in [2.45, 2.75) is 18.9 Å². The number of hydrogen-bond donors (Lipinski definition) is 2. The van der Waals surface area contributed by atoms with Gasteiger partial charge in [0, 0.05) is 19.6 Å². The van der Waals surface area contributed by atoms with E-state index in [-0.39, 0.29) is 6.10 Å². The highest BCUT2D eigenvalue weighted by Crippen LogP contribution is 2.15. The van der Waals surface area contributed by atoms with Crippen molar-refractivity contribution in [1.29, 1.82) is 0 Å². The highest BCUT2D eigenvalue weighted by molar-refractivity contribution is 7.87. The Morgan fingerprint density at radius 1 is 1.44 bits per heavy atom. The van der Waals surface area contributed by atoms with Crippen LogP contribution in [0.2, 0.25) is 0 Å². The number of carbonyl (C=O) groups is 1. The molecule has 1 heterocycles. The van der Waals surface area contributed by atoms with Gasteiger partial charge >= 0.3 is 16.3 Å². The quantitative estimate of drug-likeness (QED) is 0.670. The summed E-state index contributed by atoms with van der Waals surface area (Å²) in [7, 11) is -2.70. The van der Waals surface area contributed by atoms with Crippen LogP contribution in [0.15, 0.2) is 0 Å². The zero-order valence-corrected chi connectivity index (χ0v) is 11.1. The van der Waals surface area contributed by atoms with Gasteiger partial charge in [0.2, 0.25) is 0 Å². The second-order valence-corrected chi connectivity index (χ2v) is 5.53. The molecule has 0 radical (unpaired) electrons. The van der Waals surface area contributed by atoms with Gasteiger partial charge in [-0.3, -0.25) is 0 Å². The molecule has 0 unspecified atom stereocenters. The van der Waals surface area contributed by atoms with Gasteiger partial charge in [0.05, 0.1) is 19.8 Å². The minimum atomic E-state index is -3.81. The molecule has 18 heavy (non-hydrogen) atoms. The largest absolute Gasteiger partial charge is 0.452 e. The van der Waals surface area contributed by atoms with Crippen LogP contribution in [0.5, 0.6) is 0 Å². The van der Waals surface area contributed by atoms with Crippen molar-refractivity contribution < 1.29 is 22.7 Å². The molecule has 0 saturated carbocycles. The average molecular weight is 281 g/mol. The van der Waals surface area contributed by atoms with Crippen LogP contribution in [0, 0.1) is 0 Å². The summed E-state index contributed by atoms with van der Waals surface area (Å²) in [5, 5.41) is 0. The average Bonchev–Trinajstić information content (AvgIpc) is 2.36. The lowest BCUT2D eigenvalue weighted by Crippen LogP contribution is -2.48. The van der Waals surface area contributed by atoms with E-state index in [0.717, 1.165) is 7.11 Å². The molecule has 0 atom stereocenters. The van der Waals surface area contributed by atoms with Crippen molar-refractivity contribution in [3.05, 3.63) is 0 Å². The number of nitrogens with one attached hydrogen (secondary N) is 1. The number of nitrogens with two attached hydrogens (primary N) is 1. The smallest absolute Gasteiger partial charge is 0.421 e. The first-order valence-corrected chi connectivity index (χ1v) is 7.11. The number of amides is 1. The number of ether oxygens (including phenoxy) is 2. The lowest BCUT2D eigenvalue weighted by Gasteiger charge is -2.30. The molecule has 3 N–H and O–H groups in total. The van der Waals surface area contributed by atoms with Crippen LogP contribution in [-0.2, 0) is 19.7 Å². The van der Waals surface area contributed by atoms with E-state index in [9.17, 15) is 13.2 Å². The molecule has 0 bridgehead atoms. The molecule has 9 heteroatoms. The molecule has 1 aliphatic heterocycles. The highest BCUT2D eigenvalue weighted by Gasteiger charge is 2.29. The van der Waals surface area contributed by atoms with E-state index >= 15 is 0 Å². The second kappa shape index (κ2) is 6.88. The first-order chi connectivity index (χ1) is 8.49. The predicted octanol–water partition coefficient (Wildman–Crippen LogP) is -0.973. The predicted molar refractivity (Wildman–Crippen MR) is 64.1 cm³/mol. The van der Waals surface area contributed by atoms with Gasteiger partial charge in [-0.2, -0.15) is 12.7 Å². The Bertz CT molecular complexity index is 364. The Morgan fingerprint density at radius 3 is 2.56 bits per heavy atom. The Balaban J connectivity index is 2.44. The lowest BCUT2D eigenvalue weighted by atomic mass is 10.1. The fourth-order valence-electron chi connectivity index (χ4n) is 1.69. The SMILES string of the molecule is COC(=O)NS(=O)(=O)N1CCC(OCCN)CC1. The molecule has 1 rings (SSSR count). The molecular formula is C9H19N3O5S. The van der Waals surface area contributed by atoms with Gasteiger partial charge in [-0.1, -0.05) is 0 Å². The van der Waals surface area contributed by atoms with Gasteiger partial charge in [-0.05, 0) is 12.8 Å². The maximum absolute atomic E-state index is 11.7.